The van der Waals surface area contributed by atoms with Crippen molar-refractivity contribution in [2.75, 3.05) is 32.7 Å². The first-order valence-electron chi connectivity index (χ1n) is 9.23. The summed E-state index contributed by atoms with van der Waals surface area (Å²) in [7, 11) is 0. The fourth-order valence-electron chi connectivity index (χ4n) is 4.71. The number of aromatic nitrogens is 1. The number of aryl methyl sites for hydroxylation is 1. The molecule has 1 aromatic carbocycles. The van der Waals surface area contributed by atoms with Crippen molar-refractivity contribution < 1.29 is 9.32 Å². The van der Waals surface area contributed by atoms with E-state index >= 15 is 0 Å². The van der Waals surface area contributed by atoms with Gasteiger partial charge in [0.15, 0.2) is 0 Å². The second kappa shape index (κ2) is 6.72. The Balaban J connectivity index is 1.61. The van der Waals surface area contributed by atoms with Crippen molar-refractivity contribution in [3.05, 3.63) is 66.1 Å². The molecule has 2 saturated heterocycles. The lowest BCUT2D eigenvalue weighted by molar-refractivity contribution is 0.0601. The molecule has 26 heavy (non-hydrogen) atoms. The number of carbonyl (C=O) groups is 1. The van der Waals surface area contributed by atoms with E-state index < -0.39 is 0 Å². The SMILES string of the molecule is C=CCN1C[C@H]2CN(C(=O)c3cnoc3C)CC[C@@]2(c2ccccc2)C1. The quantitative estimate of drug-likeness (QED) is 0.795. The van der Waals surface area contributed by atoms with Gasteiger partial charge in [-0.2, -0.15) is 0 Å². The van der Waals surface area contributed by atoms with Crippen LogP contribution in [-0.2, 0) is 5.41 Å². The van der Waals surface area contributed by atoms with Gasteiger partial charge < -0.3 is 9.42 Å². The minimum Gasteiger partial charge on any atom is -0.361 e. The minimum absolute atomic E-state index is 0.0348. The Labute approximate surface area is 154 Å². The van der Waals surface area contributed by atoms with Gasteiger partial charge in [-0.1, -0.05) is 41.6 Å². The molecule has 5 nitrogen and oxygen atoms in total. The lowest BCUT2D eigenvalue weighted by Gasteiger charge is -2.44. The molecular weight excluding hydrogens is 326 g/mol. The molecule has 0 aliphatic carbocycles. The topological polar surface area (TPSA) is 49.6 Å². The first-order chi connectivity index (χ1) is 12.6. The number of piperidine rings is 1. The Bertz CT molecular complexity index is 801. The smallest absolute Gasteiger partial charge is 0.259 e. The fourth-order valence-corrected chi connectivity index (χ4v) is 4.71. The number of rotatable bonds is 4. The third kappa shape index (κ3) is 2.76. The number of hydrogen-bond donors (Lipinski definition) is 0. The summed E-state index contributed by atoms with van der Waals surface area (Å²) in [4.78, 5) is 17.4. The number of likely N-dealkylation sites (tertiary alicyclic amines) is 2. The highest BCUT2D eigenvalue weighted by Crippen LogP contribution is 2.45. The van der Waals surface area contributed by atoms with Gasteiger partial charge in [0.1, 0.15) is 11.3 Å². The van der Waals surface area contributed by atoms with Crippen molar-refractivity contribution in [3.8, 4) is 0 Å². The summed E-state index contributed by atoms with van der Waals surface area (Å²) < 4.78 is 5.08. The molecule has 2 atom stereocenters. The lowest BCUT2D eigenvalue weighted by atomic mass is 9.68. The van der Waals surface area contributed by atoms with E-state index in [0.717, 1.165) is 39.1 Å². The van der Waals surface area contributed by atoms with Crippen molar-refractivity contribution in [2.45, 2.75) is 18.8 Å². The molecule has 1 aromatic heterocycles. The normalized spacial score (nSPS) is 25.9. The van der Waals surface area contributed by atoms with Gasteiger partial charge in [-0.05, 0) is 18.9 Å². The Morgan fingerprint density at radius 3 is 2.88 bits per heavy atom. The lowest BCUT2D eigenvalue weighted by Crippen LogP contribution is -2.51. The van der Waals surface area contributed by atoms with Crippen LogP contribution in [0.4, 0.5) is 0 Å². The monoisotopic (exact) mass is 351 g/mol. The average Bonchev–Trinajstić information content (AvgIpc) is 3.25. The maximum atomic E-state index is 12.9. The van der Waals surface area contributed by atoms with Gasteiger partial charge in [-0.25, -0.2) is 0 Å². The van der Waals surface area contributed by atoms with Crippen LogP contribution < -0.4 is 0 Å². The molecule has 3 heterocycles. The van der Waals surface area contributed by atoms with Crippen molar-refractivity contribution in [3.63, 3.8) is 0 Å². The van der Waals surface area contributed by atoms with Crippen LogP contribution in [0.3, 0.4) is 0 Å². The van der Waals surface area contributed by atoms with Gasteiger partial charge in [-0.3, -0.25) is 9.69 Å². The Hall–Kier alpha value is -2.40. The number of fused-ring (bicyclic) bond motifs is 1. The molecule has 4 rings (SSSR count). The van der Waals surface area contributed by atoms with Gasteiger partial charge in [0.2, 0.25) is 0 Å². The van der Waals surface area contributed by atoms with E-state index in [2.05, 4.69) is 47.0 Å². The molecule has 2 aliphatic heterocycles. The van der Waals surface area contributed by atoms with Crippen LogP contribution in [0.2, 0.25) is 0 Å². The van der Waals surface area contributed by atoms with Gasteiger partial charge in [-0.15, -0.1) is 6.58 Å². The Morgan fingerprint density at radius 2 is 2.19 bits per heavy atom. The third-order valence-electron chi connectivity index (χ3n) is 6.04. The predicted octanol–water partition coefficient (Wildman–Crippen LogP) is 2.88. The number of nitrogens with zero attached hydrogens (tertiary/aromatic N) is 3. The van der Waals surface area contributed by atoms with Crippen LogP contribution in [0, 0.1) is 12.8 Å². The highest BCUT2D eigenvalue weighted by molar-refractivity contribution is 5.94. The van der Waals surface area contributed by atoms with E-state index in [1.807, 2.05) is 11.0 Å². The summed E-state index contributed by atoms with van der Waals surface area (Å²) >= 11 is 0. The van der Waals surface area contributed by atoms with Crippen molar-refractivity contribution in [2.24, 2.45) is 5.92 Å². The largest absolute Gasteiger partial charge is 0.361 e. The summed E-state index contributed by atoms with van der Waals surface area (Å²) in [5, 5.41) is 3.76. The molecule has 2 aliphatic rings. The summed E-state index contributed by atoms with van der Waals surface area (Å²) in [6, 6.07) is 10.8. The number of hydrogen-bond acceptors (Lipinski definition) is 4. The molecule has 5 heteroatoms. The van der Waals surface area contributed by atoms with Crippen LogP contribution in [0.25, 0.3) is 0 Å². The second-order valence-corrected chi connectivity index (χ2v) is 7.50. The van der Waals surface area contributed by atoms with Crippen LogP contribution in [-0.4, -0.2) is 53.6 Å². The molecule has 0 saturated carbocycles. The van der Waals surface area contributed by atoms with Crippen LogP contribution >= 0.6 is 0 Å². The first-order valence-corrected chi connectivity index (χ1v) is 9.23. The Kier molecular flexibility index (Phi) is 4.41. The number of amides is 1. The zero-order chi connectivity index (χ0) is 18.1. The van der Waals surface area contributed by atoms with Gasteiger partial charge in [0.05, 0.1) is 6.20 Å². The fraction of sp³-hybridized carbons (Fsp3) is 0.429. The second-order valence-electron chi connectivity index (χ2n) is 7.50. The summed E-state index contributed by atoms with van der Waals surface area (Å²) in [6.07, 6.45) is 4.49. The van der Waals surface area contributed by atoms with Gasteiger partial charge >= 0.3 is 0 Å². The third-order valence-corrected chi connectivity index (χ3v) is 6.04. The van der Waals surface area contributed by atoms with Crippen molar-refractivity contribution in [1.29, 1.82) is 0 Å². The molecular formula is C21H25N3O2. The maximum Gasteiger partial charge on any atom is 0.259 e. The molecule has 0 unspecified atom stereocenters. The summed E-state index contributed by atoms with van der Waals surface area (Å²) in [5.74, 6) is 1.05. The van der Waals surface area contributed by atoms with Crippen molar-refractivity contribution >= 4 is 5.91 Å². The van der Waals surface area contributed by atoms with E-state index in [1.165, 1.54) is 11.8 Å². The molecule has 1 amide bonds. The molecule has 0 spiro atoms. The van der Waals surface area contributed by atoms with E-state index in [4.69, 9.17) is 4.52 Å². The maximum absolute atomic E-state index is 12.9. The highest BCUT2D eigenvalue weighted by Gasteiger charge is 2.50. The van der Waals surface area contributed by atoms with E-state index in [9.17, 15) is 4.79 Å². The molecule has 2 fully saturated rings. The predicted molar refractivity (Wildman–Crippen MR) is 100 cm³/mol. The molecule has 136 valence electrons. The van der Waals surface area contributed by atoms with Gasteiger partial charge in [0, 0.05) is 44.1 Å². The number of carbonyl (C=O) groups excluding carboxylic acids is 1. The van der Waals surface area contributed by atoms with Gasteiger partial charge in [0.25, 0.3) is 5.91 Å². The standard InChI is InChI=1S/C21H25N3O2/c1-3-10-23-13-18-14-24(20(25)19-12-22-26-16(19)2)11-9-21(18,15-23)17-7-5-4-6-8-17/h3-8,12,18H,1,9-11,13-15H2,2H3/t18-,21-/m0/s1. The minimum atomic E-state index is 0.0348. The first kappa shape index (κ1) is 17.0. The average molecular weight is 351 g/mol. The van der Waals surface area contributed by atoms with E-state index in [-0.39, 0.29) is 11.3 Å². The van der Waals surface area contributed by atoms with Crippen LogP contribution in [0.15, 0.2) is 53.7 Å². The number of benzene rings is 1. The zero-order valence-corrected chi connectivity index (χ0v) is 15.2. The van der Waals surface area contributed by atoms with Crippen LogP contribution in [0.5, 0.6) is 0 Å². The van der Waals surface area contributed by atoms with E-state index in [0.29, 0.717) is 17.2 Å². The van der Waals surface area contributed by atoms with E-state index in [1.54, 1.807) is 6.92 Å². The summed E-state index contributed by atoms with van der Waals surface area (Å²) in [6.45, 7) is 10.1. The highest BCUT2D eigenvalue weighted by atomic mass is 16.5. The van der Waals surface area contributed by atoms with Crippen LogP contribution in [0.1, 0.15) is 28.1 Å². The Morgan fingerprint density at radius 1 is 1.38 bits per heavy atom. The molecule has 2 aromatic rings. The van der Waals surface area contributed by atoms with Crippen molar-refractivity contribution in [1.82, 2.24) is 15.0 Å². The molecule has 0 radical (unpaired) electrons. The molecule has 0 N–H and O–H groups in total. The molecule has 0 bridgehead atoms. The summed E-state index contributed by atoms with van der Waals surface area (Å²) in [5.41, 5.74) is 2.09. The zero-order valence-electron chi connectivity index (χ0n) is 15.2.